The number of para-hydroxylation sites is 1. The van der Waals surface area contributed by atoms with Crippen molar-refractivity contribution < 1.29 is 17.6 Å². The average Bonchev–Trinajstić information content (AvgIpc) is 2.69. The zero-order valence-electron chi connectivity index (χ0n) is 15.5. The molecule has 0 unspecified atom stereocenters. The third-order valence-corrected chi connectivity index (χ3v) is 6.32. The third kappa shape index (κ3) is 4.58. The molecule has 0 spiro atoms. The van der Waals surface area contributed by atoms with Crippen LogP contribution in [0.4, 0.5) is 15.8 Å². The summed E-state index contributed by atoms with van der Waals surface area (Å²) in [5, 5.41) is 2.93. The van der Waals surface area contributed by atoms with Crippen LogP contribution >= 0.6 is 11.6 Å². The molecule has 0 aliphatic heterocycles. The lowest BCUT2D eigenvalue weighted by Crippen LogP contribution is -2.31. The van der Waals surface area contributed by atoms with E-state index >= 15 is 0 Å². The lowest BCUT2D eigenvalue weighted by Gasteiger charge is -2.23. The highest BCUT2D eigenvalue weighted by molar-refractivity contribution is 7.92. The van der Waals surface area contributed by atoms with Gasteiger partial charge >= 0.3 is 0 Å². The maximum absolute atomic E-state index is 14.3. The van der Waals surface area contributed by atoms with E-state index in [1.165, 1.54) is 10.4 Å². The minimum atomic E-state index is -3.99. The summed E-state index contributed by atoms with van der Waals surface area (Å²) in [4.78, 5) is 12.4. The molecule has 0 atom stereocenters. The summed E-state index contributed by atoms with van der Waals surface area (Å²) in [6.45, 7) is 1.87. The van der Waals surface area contributed by atoms with Crippen LogP contribution in [-0.4, -0.2) is 20.9 Å². The Kier molecular flexibility index (Phi) is 6.20. The molecule has 0 fully saturated rings. The van der Waals surface area contributed by atoms with E-state index in [4.69, 9.17) is 11.6 Å². The second-order valence-electron chi connectivity index (χ2n) is 6.11. The Morgan fingerprint density at radius 1 is 1.03 bits per heavy atom. The minimum absolute atomic E-state index is 0.174. The number of hydrogen-bond acceptors (Lipinski definition) is 3. The van der Waals surface area contributed by atoms with Crippen molar-refractivity contribution >= 4 is 38.9 Å². The topological polar surface area (TPSA) is 66.5 Å². The number of benzene rings is 3. The number of amides is 1. The van der Waals surface area contributed by atoms with Crippen molar-refractivity contribution in [3.63, 3.8) is 0 Å². The first-order valence-electron chi connectivity index (χ1n) is 8.77. The molecule has 0 bridgehead atoms. The van der Waals surface area contributed by atoms with Crippen molar-refractivity contribution in [2.45, 2.75) is 11.8 Å². The van der Waals surface area contributed by atoms with Gasteiger partial charge in [0.1, 0.15) is 5.82 Å². The monoisotopic (exact) mass is 432 g/mol. The summed E-state index contributed by atoms with van der Waals surface area (Å²) in [6, 6.07) is 18.1. The molecule has 1 N–H and O–H groups in total. The Labute approximate surface area is 173 Å². The number of carbonyl (C=O) groups is 1. The molecule has 3 rings (SSSR count). The molecule has 1 amide bonds. The van der Waals surface area contributed by atoms with Crippen molar-refractivity contribution in [2.24, 2.45) is 0 Å². The highest BCUT2D eigenvalue weighted by atomic mass is 35.5. The summed E-state index contributed by atoms with van der Waals surface area (Å²) >= 11 is 5.89. The van der Waals surface area contributed by atoms with Gasteiger partial charge in [-0.1, -0.05) is 35.9 Å². The zero-order valence-corrected chi connectivity index (χ0v) is 17.0. The number of anilines is 2. The first-order chi connectivity index (χ1) is 13.8. The van der Waals surface area contributed by atoms with E-state index in [1.807, 2.05) is 0 Å². The third-order valence-electron chi connectivity index (χ3n) is 4.18. The van der Waals surface area contributed by atoms with E-state index in [9.17, 15) is 17.6 Å². The van der Waals surface area contributed by atoms with Crippen molar-refractivity contribution in [3.8, 4) is 0 Å². The quantitative estimate of drug-likeness (QED) is 0.599. The van der Waals surface area contributed by atoms with Crippen molar-refractivity contribution in [3.05, 3.63) is 89.2 Å². The number of sulfonamides is 1. The Morgan fingerprint density at radius 3 is 2.41 bits per heavy atom. The largest absolute Gasteiger partial charge is 0.322 e. The second kappa shape index (κ2) is 8.63. The average molecular weight is 433 g/mol. The molecule has 0 aromatic heterocycles. The van der Waals surface area contributed by atoms with E-state index in [2.05, 4.69) is 5.32 Å². The van der Waals surface area contributed by atoms with Gasteiger partial charge in [0.2, 0.25) is 0 Å². The van der Waals surface area contributed by atoms with Crippen LogP contribution < -0.4 is 9.62 Å². The highest BCUT2D eigenvalue weighted by Crippen LogP contribution is 2.25. The minimum Gasteiger partial charge on any atom is -0.322 e. The molecule has 5 nitrogen and oxygen atoms in total. The van der Waals surface area contributed by atoms with Gasteiger partial charge in [-0.3, -0.25) is 9.10 Å². The highest BCUT2D eigenvalue weighted by Gasteiger charge is 2.26. The summed E-state index contributed by atoms with van der Waals surface area (Å²) in [7, 11) is -3.99. The maximum Gasteiger partial charge on any atom is 0.264 e. The molecule has 0 heterocycles. The molecule has 3 aromatic rings. The molecule has 150 valence electrons. The molecule has 29 heavy (non-hydrogen) atoms. The van der Waals surface area contributed by atoms with Crippen LogP contribution in [0.5, 0.6) is 0 Å². The van der Waals surface area contributed by atoms with Crippen LogP contribution in [0.3, 0.4) is 0 Å². The van der Waals surface area contributed by atoms with Gasteiger partial charge in [0.05, 0.1) is 16.1 Å². The van der Waals surface area contributed by atoms with Gasteiger partial charge in [0.25, 0.3) is 15.9 Å². The van der Waals surface area contributed by atoms with Gasteiger partial charge < -0.3 is 5.32 Å². The van der Waals surface area contributed by atoms with Crippen LogP contribution in [0.15, 0.2) is 77.7 Å². The van der Waals surface area contributed by atoms with Crippen molar-refractivity contribution in [1.29, 1.82) is 0 Å². The maximum atomic E-state index is 14.3. The van der Waals surface area contributed by atoms with E-state index in [-0.39, 0.29) is 17.0 Å². The number of nitrogens with zero attached hydrogens (tertiary/aromatic N) is 1. The van der Waals surface area contributed by atoms with Gasteiger partial charge in [-0.25, -0.2) is 12.8 Å². The summed E-state index contributed by atoms with van der Waals surface area (Å²) in [5.74, 6) is -1.60. The molecule has 0 aliphatic carbocycles. The molecule has 8 heteroatoms. The first-order valence-corrected chi connectivity index (χ1v) is 10.6. The molecule has 0 saturated heterocycles. The van der Waals surface area contributed by atoms with E-state index < -0.39 is 21.7 Å². The predicted molar refractivity (Wildman–Crippen MR) is 112 cm³/mol. The van der Waals surface area contributed by atoms with E-state index in [1.54, 1.807) is 55.5 Å². The van der Waals surface area contributed by atoms with E-state index in [0.717, 1.165) is 18.2 Å². The van der Waals surface area contributed by atoms with Crippen LogP contribution in [0.1, 0.15) is 17.3 Å². The normalized spacial score (nSPS) is 11.1. The van der Waals surface area contributed by atoms with E-state index in [0.29, 0.717) is 16.4 Å². The molecule has 0 radical (unpaired) electrons. The van der Waals surface area contributed by atoms with Gasteiger partial charge in [-0.2, -0.15) is 0 Å². The fraction of sp³-hybridized carbons (Fsp3) is 0.0952. The fourth-order valence-electron chi connectivity index (χ4n) is 2.82. The van der Waals surface area contributed by atoms with Crippen LogP contribution in [-0.2, 0) is 10.0 Å². The lowest BCUT2D eigenvalue weighted by atomic mass is 10.2. The molecule has 0 saturated carbocycles. The predicted octanol–water partition coefficient (Wildman–Crippen LogP) is 4.95. The van der Waals surface area contributed by atoms with Crippen molar-refractivity contribution in [2.75, 3.05) is 16.2 Å². The SMILES string of the molecule is CCN(c1ccccc1)S(=O)(=O)c1ccc(F)c(C(=O)Nc2cccc(Cl)c2)c1. The van der Waals surface area contributed by atoms with Crippen molar-refractivity contribution in [1.82, 2.24) is 0 Å². The van der Waals surface area contributed by atoms with Gasteiger partial charge in [0.15, 0.2) is 0 Å². The Balaban J connectivity index is 1.96. The van der Waals surface area contributed by atoms with Gasteiger partial charge in [-0.05, 0) is 55.5 Å². The zero-order chi connectivity index (χ0) is 21.0. The number of rotatable bonds is 6. The standard InChI is InChI=1S/C21H18ClFN2O3S/c1-2-25(17-9-4-3-5-10-17)29(27,28)18-11-12-20(23)19(14-18)21(26)24-16-8-6-7-15(22)13-16/h3-14H,2H2,1H3,(H,24,26). The molecular formula is C21H18ClFN2O3S. The Morgan fingerprint density at radius 2 is 1.76 bits per heavy atom. The van der Waals surface area contributed by atoms with Crippen LogP contribution in [0, 0.1) is 5.82 Å². The number of hydrogen-bond donors (Lipinski definition) is 1. The number of halogens is 2. The summed E-state index contributed by atoms with van der Waals surface area (Å²) in [5.41, 5.74) is 0.467. The molecule has 3 aromatic carbocycles. The van der Waals surface area contributed by atoms with Crippen LogP contribution in [0.2, 0.25) is 5.02 Å². The Bertz CT molecular complexity index is 1140. The summed E-state index contributed by atoms with van der Waals surface area (Å²) < 4.78 is 41.7. The summed E-state index contributed by atoms with van der Waals surface area (Å²) in [6.07, 6.45) is 0. The fourth-order valence-corrected chi connectivity index (χ4v) is 4.51. The van der Waals surface area contributed by atoms with Gasteiger partial charge in [0, 0.05) is 17.3 Å². The number of carbonyl (C=O) groups excluding carboxylic acids is 1. The molecular weight excluding hydrogens is 415 g/mol. The lowest BCUT2D eigenvalue weighted by molar-refractivity contribution is 0.102. The second-order valence-corrected chi connectivity index (χ2v) is 8.41. The number of nitrogens with one attached hydrogen (secondary N) is 1. The van der Waals surface area contributed by atoms with Gasteiger partial charge in [-0.15, -0.1) is 0 Å². The smallest absolute Gasteiger partial charge is 0.264 e. The Hall–Kier alpha value is -2.90. The first kappa shape index (κ1) is 20.8. The molecule has 0 aliphatic rings. The van der Waals surface area contributed by atoms with Crippen LogP contribution in [0.25, 0.3) is 0 Å².